The highest BCUT2D eigenvalue weighted by atomic mass is 79.9. The average molecular weight is 328 g/mol. The van der Waals surface area contributed by atoms with Gasteiger partial charge in [0.1, 0.15) is 6.07 Å². The third-order valence-corrected chi connectivity index (χ3v) is 3.91. The SMILES string of the molecule is N#Cc1cc(Br)ccc1NCc1ccc(Cl)s1. The molecule has 2 aromatic rings. The number of nitrogens with zero attached hydrogens (tertiary/aromatic N) is 1. The Bertz CT molecular complexity index is 574. The zero-order valence-electron chi connectivity index (χ0n) is 8.71. The Morgan fingerprint density at radius 3 is 2.82 bits per heavy atom. The first kappa shape index (κ1) is 12.4. The molecule has 1 N–H and O–H groups in total. The highest BCUT2D eigenvalue weighted by Gasteiger charge is 2.03. The molecule has 0 radical (unpaired) electrons. The number of hydrogen-bond acceptors (Lipinski definition) is 3. The number of benzene rings is 1. The number of anilines is 1. The maximum absolute atomic E-state index is 9.01. The van der Waals surface area contributed by atoms with Crippen LogP contribution in [0.5, 0.6) is 0 Å². The highest BCUT2D eigenvalue weighted by molar-refractivity contribution is 9.10. The lowest BCUT2D eigenvalue weighted by atomic mass is 10.2. The van der Waals surface area contributed by atoms with Crippen molar-refractivity contribution in [1.82, 2.24) is 0 Å². The van der Waals surface area contributed by atoms with Gasteiger partial charge < -0.3 is 5.32 Å². The molecule has 0 aliphatic carbocycles. The summed E-state index contributed by atoms with van der Waals surface area (Å²) in [5.41, 5.74) is 1.46. The maximum Gasteiger partial charge on any atom is 0.101 e. The van der Waals surface area contributed by atoms with Crippen LogP contribution >= 0.6 is 38.9 Å². The maximum atomic E-state index is 9.01. The smallest absolute Gasteiger partial charge is 0.101 e. The van der Waals surface area contributed by atoms with Crippen LogP contribution in [-0.2, 0) is 6.54 Å². The minimum atomic E-state index is 0.627. The van der Waals surface area contributed by atoms with Crippen LogP contribution in [-0.4, -0.2) is 0 Å². The van der Waals surface area contributed by atoms with Crippen LogP contribution in [0.2, 0.25) is 4.34 Å². The number of halogens is 2. The molecule has 2 rings (SSSR count). The highest BCUT2D eigenvalue weighted by Crippen LogP contribution is 2.24. The minimum absolute atomic E-state index is 0.627. The van der Waals surface area contributed by atoms with Crippen LogP contribution in [0.1, 0.15) is 10.4 Å². The summed E-state index contributed by atoms with van der Waals surface area (Å²) in [5.74, 6) is 0. The van der Waals surface area contributed by atoms with Crippen LogP contribution in [0.3, 0.4) is 0 Å². The number of nitriles is 1. The van der Waals surface area contributed by atoms with Gasteiger partial charge in [0.05, 0.1) is 15.6 Å². The van der Waals surface area contributed by atoms with Crippen molar-refractivity contribution in [3.8, 4) is 6.07 Å². The summed E-state index contributed by atoms with van der Waals surface area (Å²) in [5, 5.41) is 12.2. The molecule has 0 amide bonds. The van der Waals surface area contributed by atoms with Gasteiger partial charge >= 0.3 is 0 Å². The molecule has 1 aromatic carbocycles. The number of nitrogens with one attached hydrogen (secondary N) is 1. The predicted octanol–water partition coefficient (Wildman–Crippen LogP) is 4.65. The fourth-order valence-electron chi connectivity index (χ4n) is 1.39. The van der Waals surface area contributed by atoms with E-state index in [2.05, 4.69) is 27.3 Å². The second kappa shape index (κ2) is 5.54. The normalized spacial score (nSPS) is 9.94. The molecule has 5 heteroatoms. The van der Waals surface area contributed by atoms with Gasteiger partial charge in [-0.2, -0.15) is 5.26 Å². The number of hydrogen-bond donors (Lipinski definition) is 1. The lowest BCUT2D eigenvalue weighted by Gasteiger charge is -2.07. The van der Waals surface area contributed by atoms with Crippen LogP contribution in [0.15, 0.2) is 34.8 Å². The Balaban J connectivity index is 2.12. The minimum Gasteiger partial charge on any atom is -0.379 e. The fraction of sp³-hybridized carbons (Fsp3) is 0.0833. The van der Waals surface area contributed by atoms with E-state index in [1.54, 1.807) is 6.07 Å². The molecule has 0 fully saturated rings. The van der Waals surface area contributed by atoms with Gasteiger partial charge in [-0.1, -0.05) is 27.5 Å². The molecule has 17 heavy (non-hydrogen) atoms. The van der Waals surface area contributed by atoms with E-state index < -0.39 is 0 Å². The van der Waals surface area contributed by atoms with Crippen molar-refractivity contribution in [2.75, 3.05) is 5.32 Å². The van der Waals surface area contributed by atoms with Crippen molar-refractivity contribution in [3.63, 3.8) is 0 Å². The number of thiophene rings is 1. The monoisotopic (exact) mass is 326 g/mol. The van der Waals surface area contributed by atoms with E-state index in [9.17, 15) is 0 Å². The van der Waals surface area contributed by atoms with E-state index >= 15 is 0 Å². The Morgan fingerprint density at radius 2 is 2.18 bits per heavy atom. The van der Waals surface area contributed by atoms with Crippen LogP contribution in [0.4, 0.5) is 5.69 Å². The lowest BCUT2D eigenvalue weighted by Crippen LogP contribution is -1.99. The molecule has 0 saturated heterocycles. The van der Waals surface area contributed by atoms with Gasteiger partial charge in [-0.25, -0.2) is 0 Å². The summed E-state index contributed by atoms with van der Waals surface area (Å²) < 4.78 is 1.68. The largest absolute Gasteiger partial charge is 0.379 e. The van der Waals surface area contributed by atoms with Crippen molar-refractivity contribution < 1.29 is 0 Å². The predicted molar refractivity (Wildman–Crippen MR) is 75.5 cm³/mol. The molecule has 0 aliphatic heterocycles. The van der Waals surface area contributed by atoms with E-state index in [-0.39, 0.29) is 0 Å². The van der Waals surface area contributed by atoms with E-state index in [1.165, 1.54) is 11.3 Å². The fourth-order valence-corrected chi connectivity index (χ4v) is 2.78. The second-order valence-electron chi connectivity index (χ2n) is 3.36. The first-order chi connectivity index (χ1) is 8.19. The van der Waals surface area contributed by atoms with Gasteiger partial charge in [-0.05, 0) is 30.3 Å². The second-order valence-corrected chi connectivity index (χ2v) is 6.08. The van der Waals surface area contributed by atoms with Crippen molar-refractivity contribution >= 4 is 44.6 Å². The molecule has 0 bridgehead atoms. The first-order valence-corrected chi connectivity index (χ1v) is 6.85. The Kier molecular flexibility index (Phi) is 4.06. The van der Waals surface area contributed by atoms with Crippen LogP contribution < -0.4 is 5.32 Å². The average Bonchev–Trinajstić information content (AvgIpc) is 2.73. The summed E-state index contributed by atoms with van der Waals surface area (Å²) in [6.07, 6.45) is 0. The van der Waals surface area contributed by atoms with E-state index in [0.717, 1.165) is 19.4 Å². The topological polar surface area (TPSA) is 35.8 Å². The molecule has 2 nitrogen and oxygen atoms in total. The summed E-state index contributed by atoms with van der Waals surface area (Å²) in [7, 11) is 0. The van der Waals surface area contributed by atoms with Crippen molar-refractivity contribution in [3.05, 3.63) is 49.6 Å². The Morgan fingerprint density at radius 1 is 1.35 bits per heavy atom. The van der Waals surface area contributed by atoms with Crippen LogP contribution in [0, 0.1) is 11.3 Å². The molecule has 0 unspecified atom stereocenters. The molecule has 86 valence electrons. The standard InChI is InChI=1S/C12H8BrClN2S/c13-9-1-3-11(8(5-9)6-15)16-7-10-2-4-12(14)17-10/h1-5,16H,7H2. The molecule has 0 aliphatic rings. The molecular formula is C12H8BrClN2S. The van der Waals surface area contributed by atoms with Gasteiger partial charge in [0.2, 0.25) is 0 Å². The van der Waals surface area contributed by atoms with Crippen molar-refractivity contribution in [2.45, 2.75) is 6.54 Å². The van der Waals surface area contributed by atoms with E-state index in [4.69, 9.17) is 16.9 Å². The zero-order chi connectivity index (χ0) is 12.3. The number of rotatable bonds is 3. The van der Waals surface area contributed by atoms with Gasteiger partial charge in [-0.15, -0.1) is 11.3 Å². The van der Waals surface area contributed by atoms with Crippen molar-refractivity contribution in [2.24, 2.45) is 0 Å². The summed E-state index contributed by atoms with van der Waals surface area (Å²) >= 11 is 10.7. The third kappa shape index (κ3) is 3.22. The molecule has 1 aromatic heterocycles. The third-order valence-electron chi connectivity index (χ3n) is 2.18. The molecule has 0 atom stereocenters. The zero-order valence-corrected chi connectivity index (χ0v) is 11.9. The summed E-state index contributed by atoms with van der Waals surface area (Å²) in [6, 6.07) is 11.6. The first-order valence-electron chi connectivity index (χ1n) is 4.87. The Hall–Kier alpha value is -1.02. The molecule has 0 spiro atoms. The van der Waals surface area contributed by atoms with Crippen LogP contribution in [0.25, 0.3) is 0 Å². The van der Waals surface area contributed by atoms with E-state index in [1.807, 2.05) is 24.3 Å². The summed E-state index contributed by atoms with van der Waals surface area (Å²) in [4.78, 5) is 1.14. The lowest BCUT2D eigenvalue weighted by molar-refractivity contribution is 1.19. The van der Waals surface area contributed by atoms with Crippen molar-refractivity contribution in [1.29, 1.82) is 5.26 Å². The van der Waals surface area contributed by atoms with E-state index in [0.29, 0.717) is 12.1 Å². The van der Waals surface area contributed by atoms with Gasteiger partial charge in [-0.3, -0.25) is 0 Å². The quantitative estimate of drug-likeness (QED) is 0.891. The molecule has 1 heterocycles. The molecule has 0 saturated carbocycles. The van der Waals surface area contributed by atoms with Gasteiger partial charge in [0.15, 0.2) is 0 Å². The van der Waals surface area contributed by atoms with Gasteiger partial charge in [0.25, 0.3) is 0 Å². The summed E-state index contributed by atoms with van der Waals surface area (Å²) in [6.45, 7) is 0.674. The molecular weight excluding hydrogens is 320 g/mol. The Labute approximate surface area is 117 Å². The van der Waals surface area contributed by atoms with Gasteiger partial charge in [0, 0.05) is 15.9 Å².